The highest BCUT2D eigenvalue weighted by atomic mass is 32.2. The number of hydrogen-bond donors (Lipinski definition) is 7. The van der Waals surface area contributed by atoms with E-state index in [1.807, 2.05) is 6.26 Å². The van der Waals surface area contributed by atoms with Gasteiger partial charge in [-0.2, -0.15) is 11.8 Å². The van der Waals surface area contributed by atoms with Gasteiger partial charge >= 0.3 is 5.97 Å². The third-order valence-electron chi connectivity index (χ3n) is 5.66. The summed E-state index contributed by atoms with van der Waals surface area (Å²) >= 11 is 1.51. The van der Waals surface area contributed by atoms with Gasteiger partial charge in [0.05, 0.1) is 6.04 Å². The van der Waals surface area contributed by atoms with E-state index in [9.17, 15) is 29.1 Å². The van der Waals surface area contributed by atoms with Crippen molar-refractivity contribution < 1.29 is 29.1 Å². The summed E-state index contributed by atoms with van der Waals surface area (Å²) in [6, 6.07) is -4.12. The van der Waals surface area contributed by atoms with Crippen LogP contribution in [0.25, 0.3) is 0 Å². The quantitative estimate of drug-likeness (QED) is 0.0624. The van der Waals surface area contributed by atoms with E-state index in [-0.39, 0.29) is 38.3 Å². The Morgan fingerprint density at radius 2 is 1.72 bits per heavy atom. The lowest BCUT2D eigenvalue weighted by Gasteiger charge is -2.29. The minimum absolute atomic E-state index is 0.0987. The Bertz CT molecular complexity index is 822. The summed E-state index contributed by atoms with van der Waals surface area (Å²) in [5.41, 5.74) is 21.8. The number of nitrogens with two attached hydrogens (primary N) is 4. The number of carboxylic acid groups (broad SMARTS) is 1. The normalized spacial score (nSPS) is 17.5. The van der Waals surface area contributed by atoms with Crippen molar-refractivity contribution in [2.45, 2.75) is 69.1 Å². The van der Waals surface area contributed by atoms with E-state index in [0.29, 0.717) is 31.4 Å². The third kappa shape index (κ3) is 10.7. The maximum atomic E-state index is 13.2. The monoisotopic (exact) mass is 530 g/mol. The van der Waals surface area contributed by atoms with E-state index >= 15 is 0 Å². The van der Waals surface area contributed by atoms with Gasteiger partial charge in [-0.25, -0.2) is 4.79 Å². The van der Waals surface area contributed by atoms with Crippen LogP contribution in [0.3, 0.4) is 0 Å². The van der Waals surface area contributed by atoms with Crippen LogP contribution in [0, 0.1) is 0 Å². The lowest BCUT2D eigenvalue weighted by molar-refractivity contribution is -0.149. The zero-order valence-corrected chi connectivity index (χ0v) is 21.3. The molecule has 0 spiro atoms. The van der Waals surface area contributed by atoms with Crippen molar-refractivity contribution >= 4 is 47.3 Å². The average Bonchev–Trinajstić information content (AvgIpc) is 3.31. The van der Waals surface area contributed by atoms with Gasteiger partial charge in [0.2, 0.25) is 23.6 Å². The molecular formula is C21H38N8O6S. The van der Waals surface area contributed by atoms with Crippen molar-refractivity contribution in [2.75, 3.05) is 25.1 Å². The molecule has 1 heterocycles. The molecule has 0 aromatic heterocycles. The average molecular weight is 531 g/mol. The number of carbonyl (C=O) groups is 5. The zero-order chi connectivity index (χ0) is 27.3. The second-order valence-electron chi connectivity index (χ2n) is 8.49. The van der Waals surface area contributed by atoms with Crippen molar-refractivity contribution in [3.05, 3.63) is 0 Å². The van der Waals surface area contributed by atoms with Gasteiger partial charge in [-0.05, 0) is 50.5 Å². The Morgan fingerprint density at radius 1 is 1.06 bits per heavy atom. The molecule has 0 bridgehead atoms. The SMILES string of the molecule is CSCCC(N)C(=O)NC(CCC(N)=O)C(=O)NC(CCCN=C(N)N)C(=O)N1CCCC1C(=O)O. The second kappa shape index (κ2) is 15.8. The van der Waals surface area contributed by atoms with Gasteiger partial charge < -0.3 is 43.6 Å². The molecule has 36 heavy (non-hydrogen) atoms. The van der Waals surface area contributed by atoms with Gasteiger partial charge in [0.25, 0.3) is 0 Å². The summed E-state index contributed by atoms with van der Waals surface area (Å²) < 4.78 is 0. The van der Waals surface area contributed by atoms with Crippen LogP contribution < -0.4 is 33.6 Å². The van der Waals surface area contributed by atoms with Gasteiger partial charge in [0.15, 0.2) is 5.96 Å². The Kier molecular flexibility index (Phi) is 13.6. The fourth-order valence-corrected chi connectivity index (χ4v) is 4.22. The maximum Gasteiger partial charge on any atom is 0.326 e. The molecule has 14 nitrogen and oxygen atoms in total. The number of rotatable bonds is 16. The molecule has 15 heteroatoms. The van der Waals surface area contributed by atoms with Gasteiger partial charge in [-0.3, -0.25) is 24.2 Å². The number of aliphatic imine (C=N–C) groups is 1. The second-order valence-corrected chi connectivity index (χ2v) is 9.48. The van der Waals surface area contributed by atoms with Crippen LogP contribution in [-0.4, -0.2) is 94.8 Å². The summed E-state index contributed by atoms with van der Waals surface area (Å²) in [5.74, 6) is -3.13. The first-order valence-corrected chi connectivity index (χ1v) is 13.1. The highest BCUT2D eigenvalue weighted by molar-refractivity contribution is 7.98. The van der Waals surface area contributed by atoms with Crippen LogP contribution in [0.1, 0.15) is 44.9 Å². The van der Waals surface area contributed by atoms with Gasteiger partial charge in [-0.1, -0.05) is 0 Å². The van der Waals surface area contributed by atoms with Crippen molar-refractivity contribution in [3.8, 4) is 0 Å². The van der Waals surface area contributed by atoms with Crippen LogP contribution in [-0.2, 0) is 24.0 Å². The first-order valence-electron chi connectivity index (χ1n) is 11.7. The summed E-state index contributed by atoms with van der Waals surface area (Å²) in [7, 11) is 0. The van der Waals surface area contributed by atoms with E-state index in [4.69, 9.17) is 22.9 Å². The van der Waals surface area contributed by atoms with Gasteiger partial charge in [-0.15, -0.1) is 0 Å². The molecule has 1 rings (SSSR count). The number of nitrogens with one attached hydrogen (secondary N) is 2. The fraction of sp³-hybridized carbons (Fsp3) is 0.714. The third-order valence-corrected chi connectivity index (χ3v) is 6.31. The molecule has 0 saturated carbocycles. The van der Waals surface area contributed by atoms with Crippen LogP contribution in [0.2, 0.25) is 0 Å². The molecule has 1 saturated heterocycles. The number of carbonyl (C=O) groups excluding carboxylic acids is 4. The van der Waals surface area contributed by atoms with Crippen molar-refractivity contribution in [3.63, 3.8) is 0 Å². The molecule has 1 aliphatic rings. The van der Waals surface area contributed by atoms with Crippen LogP contribution in [0.5, 0.6) is 0 Å². The molecule has 0 aromatic rings. The molecular weight excluding hydrogens is 492 g/mol. The first kappa shape index (κ1) is 31.0. The Labute approximate surface area is 214 Å². The smallest absolute Gasteiger partial charge is 0.326 e. The van der Waals surface area contributed by atoms with E-state index in [1.54, 1.807) is 0 Å². The van der Waals surface area contributed by atoms with E-state index in [1.165, 1.54) is 16.7 Å². The van der Waals surface area contributed by atoms with Crippen molar-refractivity contribution in [1.29, 1.82) is 0 Å². The minimum atomic E-state index is -1.17. The molecule has 0 radical (unpaired) electrons. The summed E-state index contributed by atoms with van der Waals surface area (Å²) in [6.07, 6.45) is 3.23. The Morgan fingerprint density at radius 3 is 2.31 bits per heavy atom. The molecule has 0 aromatic carbocycles. The molecule has 1 fully saturated rings. The topological polar surface area (TPSA) is 249 Å². The standard InChI is InChI=1S/C21H38N8O6S/c1-36-11-8-12(22)17(31)27-13(6-7-16(23)30)18(32)28-14(4-2-9-26-21(24)25)19(33)29-10-3-5-15(29)20(34)35/h12-15H,2-11,22H2,1H3,(H2,23,30)(H,27,31)(H,28,32)(H,34,35)(H4,24,25,26). The van der Waals surface area contributed by atoms with E-state index in [2.05, 4.69) is 15.6 Å². The van der Waals surface area contributed by atoms with Gasteiger partial charge in [0, 0.05) is 19.5 Å². The largest absolute Gasteiger partial charge is 0.480 e. The van der Waals surface area contributed by atoms with E-state index in [0.717, 1.165) is 0 Å². The number of primary amides is 1. The van der Waals surface area contributed by atoms with Crippen LogP contribution in [0.4, 0.5) is 0 Å². The predicted molar refractivity (Wildman–Crippen MR) is 136 cm³/mol. The number of guanidine groups is 1. The van der Waals surface area contributed by atoms with Crippen LogP contribution >= 0.6 is 11.8 Å². The van der Waals surface area contributed by atoms with Crippen LogP contribution in [0.15, 0.2) is 4.99 Å². The van der Waals surface area contributed by atoms with Gasteiger partial charge in [0.1, 0.15) is 18.1 Å². The number of likely N-dealkylation sites (tertiary alicyclic amines) is 1. The number of nitrogens with zero attached hydrogens (tertiary/aromatic N) is 2. The van der Waals surface area contributed by atoms with Crippen molar-refractivity contribution in [2.24, 2.45) is 27.9 Å². The number of amides is 4. The minimum Gasteiger partial charge on any atom is -0.480 e. The molecule has 11 N–H and O–H groups in total. The highest BCUT2D eigenvalue weighted by Crippen LogP contribution is 2.20. The molecule has 4 amide bonds. The fourth-order valence-electron chi connectivity index (χ4n) is 3.73. The maximum absolute atomic E-state index is 13.2. The Hall–Kier alpha value is -3.07. The lowest BCUT2D eigenvalue weighted by Crippen LogP contribution is -2.57. The highest BCUT2D eigenvalue weighted by Gasteiger charge is 2.38. The predicted octanol–water partition coefficient (Wildman–Crippen LogP) is -2.57. The molecule has 204 valence electrons. The number of hydrogen-bond acceptors (Lipinski definition) is 8. The molecule has 0 aliphatic carbocycles. The van der Waals surface area contributed by atoms with E-state index < -0.39 is 53.8 Å². The number of thioether (sulfide) groups is 1. The molecule has 1 aliphatic heterocycles. The Balaban J connectivity index is 3.04. The zero-order valence-electron chi connectivity index (χ0n) is 20.5. The number of aliphatic carboxylic acids is 1. The summed E-state index contributed by atoms with van der Waals surface area (Å²) in [4.78, 5) is 66.9. The first-order chi connectivity index (χ1) is 17.0. The molecule has 4 atom stereocenters. The van der Waals surface area contributed by atoms with Crippen molar-refractivity contribution in [1.82, 2.24) is 15.5 Å². The summed E-state index contributed by atoms with van der Waals surface area (Å²) in [5, 5.41) is 14.6. The number of carboxylic acids is 1. The lowest BCUT2D eigenvalue weighted by atomic mass is 10.1. The molecule has 4 unspecified atom stereocenters. The summed E-state index contributed by atoms with van der Waals surface area (Å²) in [6.45, 7) is 0.429.